The van der Waals surface area contributed by atoms with Gasteiger partial charge in [0.1, 0.15) is 11.5 Å². The van der Waals surface area contributed by atoms with Crippen molar-refractivity contribution in [3.8, 4) is 33.8 Å². The molecule has 4 aromatic rings. The first-order valence-electron chi connectivity index (χ1n) is 15.7. The fourth-order valence-corrected chi connectivity index (χ4v) is 5.37. The summed E-state index contributed by atoms with van der Waals surface area (Å²) >= 11 is 0. The number of methoxy groups -OCH3 is 2. The van der Waals surface area contributed by atoms with Gasteiger partial charge in [0.2, 0.25) is 0 Å². The zero-order valence-corrected chi connectivity index (χ0v) is 27.3. The van der Waals surface area contributed by atoms with E-state index in [-0.39, 0.29) is 49.2 Å². The molecule has 0 aliphatic rings. The van der Waals surface area contributed by atoms with Gasteiger partial charge in [0.25, 0.3) is 0 Å². The normalized spacial score (nSPS) is 10.6. The molecule has 0 atom stereocenters. The van der Waals surface area contributed by atoms with Crippen LogP contribution >= 0.6 is 0 Å². The molecule has 8 nitrogen and oxygen atoms in total. The van der Waals surface area contributed by atoms with E-state index in [0.717, 1.165) is 33.4 Å². The zero-order valence-electron chi connectivity index (χ0n) is 27.3. The minimum absolute atomic E-state index is 0.0850. The van der Waals surface area contributed by atoms with Crippen LogP contribution in [0.1, 0.15) is 65.0 Å². The number of rotatable bonds is 16. The SMILES string of the molecule is CCOC(=O)Cc1cccc(-c2cc(C(=O)CCCC(=O)c3ccc(OC)c(-c4cccc(CC(=O)OCC)c4)c3)ccc2OC)c1. The van der Waals surface area contributed by atoms with Gasteiger partial charge in [-0.1, -0.05) is 48.5 Å². The predicted octanol–water partition coefficient (Wildman–Crippen LogP) is 7.48. The Bertz CT molecular complexity index is 1610. The lowest BCUT2D eigenvalue weighted by Crippen LogP contribution is -2.07. The van der Waals surface area contributed by atoms with E-state index in [1.807, 2.05) is 48.5 Å². The highest BCUT2D eigenvalue weighted by atomic mass is 16.5. The van der Waals surface area contributed by atoms with E-state index < -0.39 is 0 Å². The van der Waals surface area contributed by atoms with Gasteiger partial charge in [-0.15, -0.1) is 0 Å². The van der Waals surface area contributed by atoms with Crippen LogP contribution in [0.15, 0.2) is 84.9 Å². The van der Waals surface area contributed by atoms with E-state index >= 15 is 0 Å². The van der Waals surface area contributed by atoms with Crippen LogP contribution in [0.4, 0.5) is 0 Å². The second-order valence-electron chi connectivity index (χ2n) is 10.9. The van der Waals surface area contributed by atoms with E-state index in [2.05, 4.69) is 0 Å². The molecule has 0 saturated heterocycles. The summed E-state index contributed by atoms with van der Waals surface area (Å²) in [4.78, 5) is 50.5. The average Bonchev–Trinajstić information content (AvgIpc) is 3.08. The van der Waals surface area contributed by atoms with Crippen molar-refractivity contribution in [2.45, 2.75) is 46.0 Å². The summed E-state index contributed by atoms with van der Waals surface area (Å²) in [6, 6.07) is 25.5. The van der Waals surface area contributed by atoms with Gasteiger partial charge < -0.3 is 18.9 Å². The van der Waals surface area contributed by atoms with Gasteiger partial charge in [-0.2, -0.15) is 0 Å². The van der Waals surface area contributed by atoms with Gasteiger partial charge in [-0.3, -0.25) is 19.2 Å². The van der Waals surface area contributed by atoms with Crippen LogP contribution in [-0.2, 0) is 31.9 Å². The van der Waals surface area contributed by atoms with Gasteiger partial charge in [0, 0.05) is 35.1 Å². The molecule has 0 fully saturated rings. The van der Waals surface area contributed by atoms with Gasteiger partial charge >= 0.3 is 11.9 Å². The van der Waals surface area contributed by atoms with Crippen LogP contribution in [0.25, 0.3) is 22.3 Å². The molecule has 0 saturated carbocycles. The molecular formula is C39H40O8. The largest absolute Gasteiger partial charge is 0.496 e. The van der Waals surface area contributed by atoms with Crippen molar-refractivity contribution < 1.29 is 38.1 Å². The molecule has 0 radical (unpaired) electrons. The van der Waals surface area contributed by atoms with E-state index in [9.17, 15) is 19.2 Å². The summed E-state index contributed by atoms with van der Waals surface area (Å²) in [5, 5.41) is 0. The molecule has 0 aliphatic carbocycles. The van der Waals surface area contributed by atoms with Crippen molar-refractivity contribution in [1.82, 2.24) is 0 Å². The lowest BCUT2D eigenvalue weighted by Gasteiger charge is -2.13. The van der Waals surface area contributed by atoms with Crippen LogP contribution in [-0.4, -0.2) is 50.9 Å². The van der Waals surface area contributed by atoms with Crippen LogP contribution in [0, 0.1) is 0 Å². The summed E-state index contributed by atoms with van der Waals surface area (Å²) in [5.41, 5.74) is 5.71. The molecule has 0 unspecified atom stereocenters. The van der Waals surface area contributed by atoms with Crippen LogP contribution in [0.2, 0.25) is 0 Å². The number of hydrogen-bond donors (Lipinski definition) is 0. The number of hydrogen-bond acceptors (Lipinski definition) is 8. The lowest BCUT2D eigenvalue weighted by atomic mass is 9.95. The quantitative estimate of drug-likeness (QED) is 0.0921. The Labute approximate surface area is 275 Å². The average molecular weight is 637 g/mol. The molecular weight excluding hydrogens is 596 g/mol. The van der Waals surface area contributed by atoms with Crippen molar-refractivity contribution in [2.75, 3.05) is 27.4 Å². The molecule has 244 valence electrons. The molecule has 0 N–H and O–H groups in total. The van der Waals surface area contributed by atoms with E-state index in [4.69, 9.17) is 18.9 Å². The minimum Gasteiger partial charge on any atom is -0.496 e. The number of carbonyl (C=O) groups excluding carboxylic acids is 4. The number of carbonyl (C=O) groups is 4. The monoisotopic (exact) mass is 636 g/mol. The maximum atomic E-state index is 13.2. The van der Waals surface area contributed by atoms with Crippen molar-refractivity contribution in [3.05, 3.63) is 107 Å². The summed E-state index contributed by atoms with van der Waals surface area (Å²) < 4.78 is 21.3. The van der Waals surface area contributed by atoms with E-state index in [1.54, 1.807) is 64.5 Å². The molecule has 47 heavy (non-hydrogen) atoms. The van der Waals surface area contributed by atoms with Crippen molar-refractivity contribution in [3.63, 3.8) is 0 Å². The molecule has 0 aliphatic heterocycles. The number of benzene rings is 4. The topological polar surface area (TPSA) is 105 Å². The molecule has 0 spiro atoms. The first-order valence-corrected chi connectivity index (χ1v) is 15.7. The van der Waals surface area contributed by atoms with Crippen LogP contribution in [0.3, 0.4) is 0 Å². The van der Waals surface area contributed by atoms with E-state index in [1.165, 1.54) is 0 Å². The number of ketones is 2. The maximum Gasteiger partial charge on any atom is 0.310 e. The lowest BCUT2D eigenvalue weighted by molar-refractivity contribution is -0.143. The Hall–Kier alpha value is -5.24. The summed E-state index contributed by atoms with van der Waals surface area (Å²) in [7, 11) is 3.14. The molecule has 4 rings (SSSR count). The molecule has 0 aromatic heterocycles. The fourth-order valence-electron chi connectivity index (χ4n) is 5.37. The van der Waals surface area contributed by atoms with E-state index in [0.29, 0.717) is 42.3 Å². The summed E-state index contributed by atoms with van der Waals surface area (Å²) in [5.74, 6) is 0.428. The van der Waals surface area contributed by atoms with Gasteiger partial charge in [0.05, 0.1) is 40.3 Å². The van der Waals surface area contributed by atoms with Crippen molar-refractivity contribution in [1.29, 1.82) is 0 Å². The Balaban J connectivity index is 1.44. The number of ether oxygens (including phenoxy) is 4. The first kappa shape index (κ1) is 34.6. The van der Waals surface area contributed by atoms with Crippen LogP contribution < -0.4 is 9.47 Å². The zero-order chi connectivity index (χ0) is 33.8. The standard InChI is InChI=1S/C39H40O8/c1-5-46-38(42)22-26-10-7-12-28(20-26)32-24-30(16-18-36(32)44-3)34(40)14-9-15-35(41)31-17-19-37(45-4)33(25-31)29-13-8-11-27(21-29)23-39(43)47-6-2/h7-8,10-13,16-21,24-25H,5-6,9,14-15,22-23H2,1-4H3. The third-order valence-electron chi connectivity index (χ3n) is 7.63. The Morgan fingerprint density at radius 3 is 1.36 bits per heavy atom. The smallest absolute Gasteiger partial charge is 0.310 e. The highest BCUT2D eigenvalue weighted by molar-refractivity contribution is 6.00. The molecule has 0 amide bonds. The molecule has 0 bridgehead atoms. The first-order chi connectivity index (χ1) is 22.8. The van der Waals surface area contributed by atoms with Crippen molar-refractivity contribution >= 4 is 23.5 Å². The Kier molecular flexibility index (Phi) is 12.4. The number of esters is 2. The maximum absolute atomic E-state index is 13.2. The fraction of sp³-hybridized carbons (Fsp3) is 0.282. The molecule has 4 aromatic carbocycles. The van der Waals surface area contributed by atoms with Gasteiger partial charge in [-0.05, 0) is 78.9 Å². The summed E-state index contributed by atoms with van der Waals surface area (Å²) in [6.07, 6.45) is 1.06. The Morgan fingerprint density at radius 2 is 0.979 bits per heavy atom. The third-order valence-corrected chi connectivity index (χ3v) is 7.63. The minimum atomic E-state index is -0.304. The Morgan fingerprint density at radius 1 is 0.553 bits per heavy atom. The highest BCUT2D eigenvalue weighted by Gasteiger charge is 2.16. The van der Waals surface area contributed by atoms with Crippen molar-refractivity contribution in [2.24, 2.45) is 0 Å². The van der Waals surface area contributed by atoms with Crippen LogP contribution in [0.5, 0.6) is 11.5 Å². The predicted molar refractivity (Wildman–Crippen MR) is 180 cm³/mol. The summed E-state index contributed by atoms with van der Waals surface area (Å²) in [6.45, 7) is 4.17. The van der Waals surface area contributed by atoms with Gasteiger partial charge in [-0.25, -0.2) is 0 Å². The molecule has 8 heteroatoms. The molecule has 0 heterocycles. The van der Waals surface area contributed by atoms with Gasteiger partial charge in [0.15, 0.2) is 11.6 Å². The highest BCUT2D eigenvalue weighted by Crippen LogP contribution is 2.34. The number of Topliss-reactive ketones (excluding diaryl/α,β-unsaturated/α-hetero) is 2. The second kappa shape index (κ2) is 16.9. The second-order valence-corrected chi connectivity index (χ2v) is 10.9. The third kappa shape index (κ3) is 9.39.